The second kappa shape index (κ2) is 18.9. The Morgan fingerprint density at radius 1 is 0.846 bits per heavy atom. The zero-order chi connectivity index (χ0) is 20.5. The molecule has 0 radical (unpaired) electrons. The molecule has 3 nitrogen and oxygen atoms in total. The van der Waals surface area contributed by atoms with E-state index in [9.17, 15) is 0 Å². The molecule has 150 valence electrons. The Kier molecular flexibility index (Phi) is 20.8. The third-order valence-electron chi connectivity index (χ3n) is 3.84. The molecule has 26 heavy (non-hydrogen) atoms. The van der Waals surface area contributed by atoms with Crippen molar-refractivity contribution in [2.75, 3.05) is 37.7 Å². The van der Waals surface area contributed by atoms with Crippen LogP contribution in [-0.2, 0) is 60.2 Å². The molecule has 0 unspecified atom stereocenters. The Labute approximate surface area is 188 Å². The molecule has 0 aliphatic rings. The van der Waals surface area contributed by atoms with Crippen LogP contribution >= 0.6 is 0 Å². The molecule has 0 aromatic heterocycles. The minimum absolute atomic E-state index is 0.605. The maximum atomic E-state index is 8.22. The fraction of sp³-hybridized carbons (Fsp3) is 0.684. The number of benzene rings is 1. The Morgan fingerprint density at radius 3 is 1.58 bits per heavy atom. The average Bonchev–Trinajstić information content (AvgIpc) is 2.60. The van der Waals surface area contributed by atoms with Crippen molar-refractivity contribution in [2.24, 2.45) is 0 Å². The SMILES string of the molecule is CC(C)N(CCN(CC[S-])CC[S-])C(C)C.Cc1ccc([S-])cc1.[O]=[99Tc+3]. The molecule has 0 atom stereocenters. The molecule has 0 bridgehead atoms. The molecular formula is C19H33N2OS3Tc. The molecule has 0 aliphatic carbocycles. The summed E-state index contributed by atoms with van der Waals surface area (Å²) in [6.45, 7) is 15.3. The second-order valence-electron chi connectivity index (χ2n) is 6.49. The second-order valence-corrected chi connectivity index (χ2v) is 7.78. The van der Waals surface area contributed by atoms with Crippen LogP contribution in [0.15, 0.2) is 29.2 Å². The first kappa shape index (κ1) is 28.7. The van der Waals surface area contributed by atoms with Crippen molar-refractivity contribution in [1.29, 1.82) is 0 Å². The molecule has 0 spiro atoms. The van der Waals surface area contributed by atoms with Crippen LogP contribution in [0.1, 0.15) is 33.3 Å². The molecule has 0 saturated heterocycles. The van der Waals surface area contributed by atoms with Gasteiger partial charge in [-0.15, -0.1) is 0 Å². The van der Waals surface area contributed by atoms with E-state index in [2.05, 4.69) is 44.4 Å². The van der Waals surface area contributed by atoms with Crippen LogP contribution in [0.4, 0.5) is 0 Å². The number of hydrogen-bond acceptors (Lipinski definition) is 6. The average molecular weight is 501 g/mol. The van der Waals surface area contributed by atoms with Gasteiger partial charge in [-0.1, -0.05) is 29.8 Å². The fourth-order valence-corrected chi connectivity index (χ4v) is 3.15. The van der Waals surface area contributed by atoms with E-state index in [-0.39, 0.29) is 0 Å². The summed E-state index contributed by atoms with van der Waals surface area (Å²) in [5, 5.41) is 0. The first-order chi connectivity index (χ1) is 12.3. The zero-order valence-electron chi connectivity index (χ0n) is 16.6. The van der Waals surface area contributed by atoms with Crippen molar-refractivity contribution in [2.45, 2.75) is 51.6 Å². The van der Waals surface area contributed by atoms with Gasteiger partial charge >= 0.3 is 22.4 Å². The van der Waals surface area contributed by atoms with E-state index in [0.29, 0.717) is 12.1 Å². The van der Waals surface area contributed by atoms with Crippen LogP contribution in [0.25, 0.3) is 0 Å². The van der Waals surface area contributed by atoms with Crippen molar-refractivity contribution in [1.82, 2.24) is 9.80 Å². The molecular weight excluding hydrogens is 467 g/mol. The van der Waals surface area contributed by atoms with Crippen LogP contribution in [0.5, 0.6) is 0 Å². The molecule has 1 aromatic rings. The van der Waals surface area contributed by atoms with Gasteiger partial charge in [0.2, 0.25) is 0 Å². The molecule has 0 heterocycles. The first-order valence-corrected chi connectivity index (χ1v) is 11.2. The normalized spacial score (nSPS) is 10.5. The number of nitrogens with zero attached hydrogens (tertiary/aromatic N) is 2. The Morgan fingerprint density at radius 2 is 1.27 bits per heavy atom. The van der Waals surface area contributed by atoms with Crippen LogP contribution in [-0.4, -0.2) is 59.6 Å². The number of aryl methyl sites for hydroxylation is 1. The van der Waals surface area contributed by atoms with E-state index in [1.54, 1.807) is 0 Å². The first-order valence-electron chi connectivity index (χ1n) is 8.85. The van der Waals surface area contributed by atoms with Gasteiger partial charge in [-0.2, -0.15) is 16.4 Å². The topological polar surface area (TPSA) is 23.6 Å². The molecule has 0 aliphatic heterocycles. The summed E-state index contributed by atoms with van der Waals surface area (Å²) in [5.41, 5.74) is 1.26. The summed E-state index contributed by atoms with van der Waals surface area (Å²) in [7, 11) is 0. The van der Waals surface area contributed by atoms with Gasteiger partial charge in [0.25, 0.3) is 0 Å². The Balaban J connectivity index is 0. The standard InChI is InChI=1S/C12H28N2S2.C7H8S.O.Tc/c1-11(2)14(12(3)4)6-5-13(7-9-15)8-10-16;1-6-2-4-7(8)5-3-6;;/h11-12,15-16H,5-10H2,1-4H3;2-5,8H,1H3;;/q;;;+3/p-3/i;;;1+1. The van der Waals surface area contributed by atoms with Crippen LogP contribution in [0.2, 0.25) is 0 Å². The maximum absolute atomic E-state index is 8.22. The molecule has 0 saturated carbocycles. The number of rotatable bonds is 9. The van der Waals surface area contributed by atoms with Gasteiger partial charge in [-0.3, -0.25) is 4.90 Å². The predicted molar refractivity (Wildman–Crippen MR) is 115 cm³/mol. The zero-order valence-corrected chi connectivity index (χ0v) is 20.9. The quantitative estimate of drug-likeness (QED) is 0.483. The van der Waals surface area contributed by atoms with E-state index in [1.165, 1.54) is 5.56 Å². The molecule has 0 N–H and O–H groups in total. The van der Waals surface area contributed by atoms with Gasteiger partial charge in [0.1, 0.15) is 0 Å². The molecule has 1 aromatic carbocycles. The van der Waals surface area contributed by atoms with Crippen molar-refractivity contribution in [3.8, 4) is 0 Å². The van der Waals surface area contributed by atoms with Gasteiger partial charge in [-0.05, 0) is 47.7 Å². The van der Waals surface area contributed by atoms with Crippen LogP contribution in [0.3, 0.4) is 0 Å². The van der Waals surface area contributed by atoms with E-state index in [0.717, 1.165) is 61.4 Å². The summed E-state index contributed by atoms with van der Waals surface area (Å²) in [5.74, 6) is 1.61. The van der Waals surface area contributed by atoms with Crippen LogP contribution in [0, 0.1) is 6.92 Å². The van der Waals surface area contributed by atoms with Gasteiger partial charge in [0, 0.05) is 25.2 Å². The van der Waals surface area contributed by atoms with Gasteiger partial charge < -0.3 is 42.8 Å². The fourth-order valence-electron chi connectivity index (χ4n) is 2.50. The summed E-state index contributed by atoms with van der Waals surface area (Å²) >= 11 is 15.8. The van der Waals surface area contributed by atoms with E-state index < -0.39 is 0 Å². The van der Waals surface area contributed by atoms with Crippen molar-refractivity contribution < 1.29 is 22.4 Å². The molecule has 1 rings (SSSR count). The van der Waals surface area contributed by atoms with Gasteiger partial charge in [0.15, 0.2) is 0 Å². The monoisotopic (exact) mass is 500 g/mol. The van der Waals surface area contributed by atoms with Crippen molar-refractivity contribution in [3.05, 3.63) is 29.8 Å². The predicted octanol–water partition coefficient (Wildman–Crippen LogP) is 3.28. The van der Waals surface area contributed by atoms with Crippen LogP contribution < -0.4 is 0 Å². The Bertz CT molecular complexity index is 398. The van der Waals surface area contributed by atoms with E-state index in [1.807, 2.05) is 24.3 Å². The van der Waals surface area contributed by atoms with Crippen molar-refractivity contribution in [3.63, 3.8) is 0 Å². The summed E-state index contributed by atoms with van der Waals surface area (Å²) in [6, 6.07) is 9.11. The molecule has 0 fully saturated rings. The van der Waals surface area contributed by atoms with Crippen molar-refractivity contribution >= 4 is 37.9 Å². The van der Waals surface area contributed by atoms with E-state index >= 15 is 0 Å². The Hall–Kier alpha value is 0.509. The summed E-state index contributed by atoms with van der Waals surface area (Å²) in [4.78, 5) is 5.81. The van der Waals surface area contributed by atoms with Gasteiger partial charge in [-0.25, -0.2) is 0 Å². The third-order valence-corrected chi connectivity index (χ3v) is 4.47. The summed E-state index contributed by atoms with van der Waals surface area (Å²) in [6.07, 6.45) is 0. The molecule has 0 amide bonds. The molecule has 7 heteroatoms. The van der Waals surface area contributed by atoms with E-state index in [4.69, 9.17) is 41.4 Å². The third kappa shape index (κ3) is 15.6. The van der Waals surface area contributed by atoms with Gasteiger partial charge in [0.05, 0.1) is 0 Å². The number of hydrogen-bond donors (Lipinski definition) is 0. The summed E-state index contributed by atoms with van der Waals surface area (Å²) < 4.78 is 8.22. The minimum atomic E-state index is 0.605.